The van der Waals surface area contributed by atoms with Gasteiger partial charge in [-0.2, -0.15) is 0 Å². The first kappa shape index (κ1) is 18.8. The zero-order chi connectivity index (χ0) is 20.1. The van der Waals surface area contributed by atoms with Crippen LogP contribution in [0.5, 0.6) is 0 Å². The first-order valence-corrected chi connectivity index (χ1v) is 10.1. The minimum atomic E-state index is -0.484. The van der Waals surface area contributed by atoms with Gasteiger partial charge in [-0.05, 0) is 63.1 Å². The van der Waals surface area contributed by atoms with Crippen molar-refractivity contribution in [3.63, 3.8) is 0 Å². The Morgan fingerprint density at radius 3 is 2.64 bits per heavy atom. The molecular formula is C22H29N3O3. The van der Waals surface area contributed by atoms with Crippen LogP contribution < -0.4 is 5.32 Å². The Labute approximate surface area is 165 Å². The molecule has 4 rings (SSSR count). The molecule has 2 amide bonds. The van der Waals surface area contributed by atoms with Gasteiger partial charge < -0.3 is 19.9 Å². The second-order valence-corrected chi connectivity index (χ2v) is 9.14. The highest BCUT2D eigenvalue weighted by Gasteiger charge is 2.60. The predicted octanol–water partition coefficient (Wildman–Crippen LogP) is 3.25. The lowest BCUT2D eigenvalue weighted by atomic mass is 10.1. The van der Waals surface area contributed by atoms with Crippen LogP contribution in [0.4, 0.5) is 4.79 Å². The Hall–Kier alpha value is -2.50. The summed E-state index contributed by atoms with van der Waals surface area (Å²) in [5, 5.41) is 4.30. The van der Waals surface area contributed by atoms with Crippen molar-refractivity contribution in [1.29, 1.82) is 0 Å². The van der Waals surface area contributed by atoms with Crippen molar-refractivity contribution in [3.05, 3.63) is 35.5 Å². The molecule has 6 heteroatoms. The lowest BCUT2D eigenvalue weighted by Crippen LogP contribution is -2.38. The monoisotopic (exact) mass is 383 g/mol. The van der Waals surface area contributed by atoms with Gasteiger partial charge in [0, 0.05) is 42.7 Å². The molecule has 6 nitrogen and oxygen atoms in total. The lowest BCUT2D eigenvalue weighted by molar-refractivity contribution is -0.123. The van der Waals surface area contributed by atoms with Crippen LogP contribution >= 0.6 is 0 Å². The molecule has 150 valence electrons. The predicted molar refractivity (Wildman–Crippen MR) is 108 cm³/mol. The van der Waals surface area contributed by atoms with Crippen LogP contribution in [-0.2, 0) is 16.0 Å². The van der Waals surface area contributed by atoms with E-state index in [-0.39, 0.29) is 29.8 Å². The zero-order valence-corrected chi connectivity index (χ0v) is 17.0. The molecule has 1 aromatic carbocycles. The van der Waals surface area contributed by atoms with Crippen molar-refractivity contribution in [2.75, 3.05) is 19.6 Å². The van der Waals surface area contributed by atoms with Gasteiger partial charge in [-0.25, -0.2) is 4.79 Å². The molecule has 1 aliphatic carbocycles. The molecule has 2 heterocycles. The van der Waals surface area contributed by atoms with Crippen molar-refractivity contribution in [2.24, 2.45) is 17.8 Å². The molecule has 0 spiro atoms. The number of rotatable bonds is 4. The van der Waals surface area contributed by atoms with Crippen molar-refractivity contribution in [3.8, 4) is 0 Å². The second-order valence-electron chi connectivity index (χ2n) is 9.14. The normalized spacial score (nSPS) is 23.6. The van der Waals surface area contributed by atoms with Crippen molar-refractivity contribution in [1.82, 2.24) is 15.2 Å². The number of aryl methyl sites for hydroxylation is 1. The summed E-state index contributed by atoms with van der Waals surface area (Å²) < 4.78 is 5.42. The summed E-state index contributed by atoms with van der Waals surface area (Å²) in [7, 11) is 0. The standard InChI is InChI=1S/C22H29N3O3/c1-13-5-6-15-14(10-24-18(15)9-13)7-8-23-20(26)19-16-11-25(12-17(16)19)21(27)28-22(2,3)4/h5-6,9-10,16-17,19,24H,7-8,11-12H2,1-4H3,(H,23,26)/t16-,17?,19?/m1/s1. The smallest absolute Gasteiger partial charge is 0.410 e. The van der Waals surface area contributed by atoms with Crippen LogP contribution in [0, 0.1) is 24.7 Å². The number of likely N-dealkylation sites (tertiary alicyclic amines) is 1. The van der Waals surface area contributed by atoms with E-state index in [2.05, 4.69) is 35.4 Å². The van der Waals surface area contributed by atoms with Gasteiger partial charge in [-0.3, -0.25) is 4.79 Å². The fraction of sp³-hybridized carbons (Fsp3) is 0.545. The summed E-state index contributed by atoms with van der Waals surface area (Å²) in [6.45, 7) is 9.56. The maximum absolute atomic E-state index is 12.5. The number of piperidine rings is 1. The van der Waals surface area contributed by atoms with Gasteiger partial charge in [0.1, 0.15) is 5.60 Å². The van der Waals surface area contributed by atoms with E-state index in [1.807, 2.05) is 27.0 Å². The number of nitrogens with zero attached hydrogens (tertiary/aromatic N) is 1. The number of fused-ring (bicyclic) bond motifs is 2. The van der Waals surface area contributed by atoms with Crippen LogP contribution in [0.3, 0.4) is 0 Å². The molecule has 1 aliphatic heterocycles. The maximum atomic E-state index is 12.5. The Bertz CT molecular complexity index is 899. The van der Waals surface area contributed by atoms with E-state index in [0.717, 1.165) is 11.9 Å². The molecule has 2 fully saturated rings. The number of aromatic amines is 1. The third-order valence-electron chi connectivity index (χ3n) is 5.76. The van der Waals surface area contributed by atoms with Gasteiger partial charge in [-0.1, -0.05) is 12.1 Å². The summed E-state index contributed by atoms with van der Waals surface area (Å²) in [6, 6.07) is 6.38. The number of nitrogens with one attached hydrogen (secondary N) is 2. The molecular weight excluding hydrogens is 354 g/mol. The van der Waals surface area contributed by atoms with Crippen LogP contribution in [0.1, 0.15) is 31.9 Å². The Kier molecular flexibility index (Phi) is 4.60. The van der Waals surface area contributed by atoms with Gasteiger partial charge in [0.25, 0.3) is 0 Å². The van der Waals surface area contributed by atoms with Crippen molar-refractivity contribution < 1.29 is 14.3 Å². The molecule has 2 aliphatic rings. The zero-order valence-electron chi connectivity index (χ0n) is 17.0. The first-order valence-electron chi connectivity index (χ1n) is 10.1. The van der Waals surface area contributed by atoms with Crippen molar-refractivity contribution >= 4 is 22.9 Å². The molecule has 1 aromatic heterocycles. The number of carbonyl (C=O) groups excluding carboxylic acids is 2. The molecule has 2 aromatic rings. The summed E-state index contributed by atoms with van der Waals surface area (Å²) >= 11 is 0. The van der Waals surface area contributed by atoms with E-state index < -0.39 is 5.60 Å². The average molecular weight is 383 g/mol. The van der Waals surface area contributed by atoms with E-state index in [1.54, 1.807) is 4.90 Å². The number of hydrogen-bond acceptors (Lipinski definition) is 3. The van der Waals surface area contributed by atoms with Crippen molar-refractivity contribution in [2.45, 2.75) is 39.7 Å². The second kappa shape index (κ2) is 6.83. The molecule has 1 saturated carbocycles. The molecule has 0 radical (unpaired) electrons. The number of hydrogen-bond donors (Lipinski definition) is 2. The highest BCUT2D eigenvalue weighted by Crippen LogP contribution is 2.51. The van der Waals surface area contributed by atoms with Crippen LogP contribution in [0.25, 0.3) is 10.9 Å². The third kappa shape index (κ3) is 3.73. The average Bonchev–Trinajstić information content (AvgIpc) is 2.93. The van der Waals surface area contributed by atoms with Crippen LogP contribution in [0.2, 0.25) is 0 Å². The highest BCUT2D eigenvalue weighted by molar-refractivity contribution is 5.85. The SMILES string of the molecule is Cc1ccc2c(CCNC(=O)C3C4CN(C(=O)OC(C)(C)C)C[C@H]43)c[nH]c2c1. The Morgan fingerprint density at radius 2 is 1.96 bits per heavy atom. The first-order chi connectivity index (χ1) is 13.2. The molecule has 2 N–H and O–H groups in total. The maximum Gasteiger partial charge on any atom is 0.410 e. The van der Waals surface area contributed by atoms with E-state index in [9.17, 15) is 9.59 Å². The van der Waals surface area contributed by atoms with Crippen LogP contribution in [0.15, 0.2) is 24.4 Å². The minimum Gasteiger partial charge on any atom is -0.444 e. The Morgan fingerprint density at radius 1 is 1.25 bits per heavy atom. The van der Waals surface area contributed by atoms with E-state index >= 15 is 0 Å². The largest absolute Gasteiger partial charge is 0.444 e. The van der Waals surface area contributed by atoms with Gasteiger partial charge >= 0.3 is 6.09 Å². The van der Waals surface area contributed by atoms with E-state index in [1.165, 1.54) is 16.5 Å². The summed E-state index contributed by atoms with van der Waals surface area (Å²) in [5.41, 5.74) is 3.11. The number of amides is 2. The van der Waals surface area contributed by atoms with E-state index in [4.69, 9.17) is 4.74 Å². The summed E-state index contributed by atoms with van der Waals surface area (Å²) in [6.07, 6.45) is 2.57. The minimum absolute atomic E-state index is 0.0457. The topological polar surface area (TPSA) is 74.4 Å². The van der Waals surface area contributed by atoms with E-state index in [0.29, 0.717) is 19.6 Å². The van der Waals surface area contributed by atoms with Gasteiger partial charge in [-0.15, -0.1) is 0 Å². The van der Waals surface area contributed by atoms with Gasteiger partial charge in [0.05, 0.1) is 0 Å². The number of ether oxygens (including phenoxy) is 1. The number of carbonyl (C=O) groups is 2. The molecule has 1 saturated heterocycles. The molecule has 0 bridgehead atoms. The number of aromatic nitrogens is 1. The Balaban J connectivity index is 1.24. The highest BCUT2D eigenvalue weighted by atomic mass is 16.6. The van der Waals surface area contributed by atoms with Gasteiger partial charge in [0.15, 0.2) is 0 Å². The summed E-state index contributed by atoms with van der Waals surface area (Å²) in [5.74, 6) is 0.728. The summed E-state index contributed by atoms with van der Waals surface area (Å²) in [4.78, 5) is 29.7. The fourth-order valence-corrected chi connectivity index (χ4v) is 4.34. The fourth-order valence-electron chi connectivity index (χ4n) is 4.34. The molecule has 3 atom stereocenters. The lowest BCUT2D eigenvalue weighted by Gasteiger charge is -2.25. The van der Waals surface area contributed by atoms with Crippen LogP contribution in [-0.4, -0.2) is 47.1 Å². The third-order valence-corrected chi connectivity index (χ3v) is 5.76. The number of benzene rings is 1. The molecule has 28 heavy (non-hydrogen) atoms. The number of H-pyrrole nitrogens is 1. The molecule has 2 unspecified atom stereocenters. The van der Waals surface area contributed by atoms with Gasteiger partial charge in [0.2, 0.25) is 5.91 Å². The quantitative estimate of drug-likeness (QED) is 0.851.